The highest BCUT2D eigenvalue weighted by atomic mass is 19.4. The van der Waals surface area contributed by atoms with Gasteiger partial charge in [0, 0.05) is 30.2 Å². The number of anilines is 1. The van der Waals surface area contributed by atoms with E-state index in [1.807, 2.05) is 43.3 Å². The van der Waals surface area contributed by atoms with Crippen LogP contribution in [0.1, 0.15) is 40.9 Å². The minimum atomic E-state index is -4.47. The highest BCUT2D eigenvalue weighted by molar-refractivity contribution is 6.06. The van der Waals surface area contributed by atoms with Crippen LogP contribution in [0.3, 0.4) is 0 Å². The standard InChI is InChI=1S/C27H30F3N3O/c1-19-24(26(34)31-23-11-6-10-22(16-23)27(28,29)30)17-25(21-8-4-3-5-9-21)33(19)15-7-14-32(2)18-20-12-13-20/h3-6,8-11,16-17,20H,7,12-15,18H2,1-2H3,(H,31,34). The molecule has 2 aromatic carbocycles. The van der Waals surface area contributed by atoms with Crippen LogP contribution in [0, 0.1) is 12.8 Å². The van der Waals surface area contributed by atoms with Gasteiger partial charge in [-0.05, 0) is 75.5 Å². The molecule has 0 saturated heterocycles. The first-order chi connectivity index (χ1) is 16.2. The Morgan fingerprint density at radius 2 is 1.82 bits per heavy atom. The van der Waals surface area contributed by atoms with Crippen LogP contribution in [0.15, 0.2) is 60.7 Å². The van der Waals surface area contributed by atoms with E-state index < -0.39 is 17.6 Å². The quantitative estimate of drug-likeness (QED) is 0.390. The average molecular weight is 470 g/mol. The van der Waals surface area contributed by atoms with Crippen molar-refractivity contribution in [2.24, 2.45) is 5.92 Å². The van der Waals surface area contributed by atoms with Gasteiger partial charge in [-0.25, -0.2) is 0 Å². The Balaban J connectivity index is 1.55. The Morgan fingerprint density at radius 3 is 2.50 bits per heavy atom. The zero-order chi connectivity index (χ0) is 24.3. The molecule has 0 radical (unpaired) electrons. The Bertz CT molecular complexity index is 1130. The molecule has 4 rings (SSSR count). The van der Waals surface area contributed by atoms with Crippen molar-refractivity contribution in [1.82, 2.24) is 9.47 Å². The number of rotatable bonds is 9. The second-order valence-corrected chi connectivity index (χ2v) is 9.14. The second-order valence-electron chi connectivity index (χ2n) is 9.14. The van der Waals surface area contributed by atoms with Gasteiger partial charge >= 0.3 is 6.18 Å². The Kier molecular flexibility index (Phi) is 7.12. The molecule has 7 heteroatoms. The fourth-order valence-corrected chi connectivity index (χ4v) is 4.31. The summed E-state index contributed by atoms with van der Waals surface area (Å²) in [6, 6.07) is 16.4. The van der Waals surface area contributed by atoms with E-state index in [9.17, 15) is 18.0 Å². The van der Waals surface area contributed by atoms with Crippen LogP contribution in [-0.2, 0) is 12.7 Å². The van der Waals surface area contributed by atoms with E-state index in [1.165, 1.54) is 25.0 Å². The lowest BCUT2D eigenvalue weighted by atomic mass is 10.1. The predicted molar refractivity (Wildman–Crippen MR) is 129 cm³/mol. The van der Waals surface area contributed by atoms with Gasteiger partial charge in [0.1, 0.15) is 0 Å². The summed E-state index contributed by atoms with van der Waals surface area (Å²) in [7, 11) is 2.15. The molecule has 0 bridgehead atoms. The highest BCUT2D eigenvalue weighted by Crippen LogP contribution is 2.32. The first kappa shape index (κ1) is 24.1. The number of benzene rings is 2. The van der Waals surface area contributed by atoms with Crippen LogP contribution in [0.5, 0.6) is 0 Å². The number of amides is 1. The van der Waals surface area contributed by atoms with Crippen molar-refractivity contribution in [1.29, 1.82) is 0 Å². The van der Waals surface area contributed by atoms with Crippen LogP contribution in [0.25, 0.3) is 11.3 Å². The molecule has 1 aliphatic carbocycles. The molecule has 3 aromatic rings. The number of hydrogen-bond donors (Lipinski definition) is 1. The lowest BCUT2D eigenvalue weighted by molar-refractivity contribution is -0.137. The van der Waals surface area contributed by atoms with E-state index in [4.69, 9.17) is 0 Å². The summed E-state index contributed by atoms with van der Waals surface area (Å²) in [5, 5.41) is 2.65. The number of hydrogen-bond acceptors (Lipinski definition) is 2. The molecule has 0 aliphatic heterocycles. The molecule has 0 atom stereocenters. The van der Waals surface area contributed by atoms with Gasteiger partial charge in [-0.1, -0.05) is 36.4 Å². The molecule has 0 spiro atoms. The number of nitrogens with zero attached hydrogens (tertiary/aromatic N) is 2. The molecule has 34 heavy (non-hydrogen) atoms. The fraction of sp³-hybridized carbons (Fsp3) is 0.370. The molecule has 1 saturated carbocycles. The van der Waals surface area contributed by atoms with Gasteiger partial charge in [0.25, 0.3) is 5.91 Å². The number of carbonyl (C=O) groups is 1. The second kappa shape index (κ2) is 10.1. The lowest BCUT2D eigenvalue weighted by Crippen LogP contribution is -2.23. The zero-order valence-electron chi connectivity index (χ0n) is 19.5. The highest BCUT2D eigenvalue weighted by Gasteiger charge is 2.30. The third kappa shape index (κ3) is 5.89. The zero-order valence-corrected chi connectivity index (χ0v) is 19.5. The lowest BCUT2D eigenvalue weighted by Gasteiger charge is -2.18. The number of halogens is 3. The van der Waals surface area contributed by atoms with Crippen LogP contribution >= 0.6 is 0 Å². The summed E-state index contributed by atoms with van der Waals surface area (Å²) in [4.78, 5) is 15.5. The van der Waals surface area contributed by atoms with Gasteiger partial charge in [-0.3, -0.25) is 4.79 Å². The van der Waals surface area contributed by atoms with E-state index >= 15 is 0 Å². The van der Waals surface area contributed by atoms with E-state index in [1.54, 1.807) is 0 Å². The molecule has 0 unspecified atom stereocenters. The van der Waals surface area contributed by atoms with Crippen molar-refractivity contribution in [3.8, 4) is 11.3 Å². The molecule has 1 aromatic heterocycles. The van der Waals surface area contributed by atoms with Crippen LogP contribution in [0.2, 0.25) is 0 Å². The van der Waals surface area contributed by atoms with Crippen molar-refractivity contribution in [3.05, 3.63) is 77.5 Å². The maximum Gasteiger partial charge on any atom is 0.416 e. The minimum absolute atomic E-state index is 0.120. The summed E-state index contributed by atoms with van der Waals surface area (Å²) in [6.07, 6.45) is -0.881. The molecule has 1 heterocycles. The van der Waals surface area contributed by atoms with Gasteiger partial charge in [-0.15, -0.1) is 0 Å². The van der Waals surface area contributed by atoms with Gasteiger partial charge < -0.3 is 14.8 Å². The first-order valence-electron chi connectivity index (χ1n) is 11.6. The minimum Gasteiger partial charge on any atom is -0.344 e. The Hall–Kier alpha value is -3.06. The topological polar surface area (TPSA) is 37.3 Å². The summed E-state index contributed by atoms with van der Waals surface area (Å²) in [5.74, 6) is 0.419. The SMILES string of the molecule is Cc1c(C(=O)Nc2cccc(C(F)(F)F)c2)cc(-c2ccccc2)n1CCCN(C)CC1CC1. The molecule has 180 valence electrons. The van der Waals surface area contributed by atoms with E-state index in [-0.39, 0.29) is 5.69 Å². The summed E-state index contributed by atoms with van der Waals surface area (Å²) in [5.41, 5.74) is 2.51. The van der Waals surface area contributed by atoms with Gasteiger partial charge in [0.2, 0.25) is 0 Å². The predicted octanol–water partition coefficient (Wildman–Crippen LogP) is 6.47. The average Bonchev–Trinajstić information content (AvgIpc) is 3.55. The number of aromatic nitrogens is 1. The largest absolute Gasteiger partial charge is 0.416 e. The number of alkyl halides is 3. The molecule has 1 aliphatic rings. The third-order valence-corrected chi connectivity index (χ3v) is 6.32. The normalized spacial score (nSPS) is 13.9. The van der Waals surface area contributed by atoms with Crippen molar-refractivity contribution in [2.45, 2.75) is 38.9 Å². The summed E-state index contributed by atoms with van der Waals surface area (Å²) >= 11 is 0. The van der Waals surface area contributed by atoms with Crippen LogP contribution in [-0.4, -0.2) is 35.5 Å². The molecule has 1 fully saturated rings. The molecular weight excluding hydrogens is 439 g/mol. The Morgan fingerprint density at radius 1 is 1.09 bits per heavy atom. The van der Waals surface area contributed by atoms with Crippen molar-refractivity contribution >= 4 is 11.6 Å². The molecule has 1 amide bonds. The Labute approximate surface area is 198 Å². The van der Waals surface area contributed by atoms with Crippen molar-refractivity contribution < 1.29 is 18.0 Å². The fourth-order valence-electron chi connectivity index (χ4n) is 4.31. The third-order valence-electron chi connectivity index (χ3n) is 6.32. The summed E-state index contributed by atoms with van der Waals surface area (Å²) < 4.78 is 41.3. The summed E-state index contributed by atoms with van der Waals surface area (Å²) in [6.45, 7) is 4.73. The monoisotopic (exact) mass is 469 g/mol. The number of nitrogens with one attached hydrogen (secondary N) is 1. The van der Waals surface area contributed by atoms with Crippen LogP contribution in [0.4, 0.5) is 18.9 Å². The van der Waals surface area contributed by atoms with E-state index in [2.05, 4.69) is 21.8 Å². The number of carbonyl (C=O) groups excluding carboxylic acids is 1. The van der Waals surface area contributed by atoms with E-state index in [0.29, 0.717) is 5.56 Å². The maximum absolute atomic E-state index is 13.1. The van der Waals surface area contributed by atoms with Gasteiger partial charge in [-0.2, -0.15) is 13.2 Å². The van der Waals surface area contributed by atoms with Gasteiger partial charge in [0.15, 0.2) is 0 Å². The van der Waals surface area contributed by atoms with Crippen molar-refractivity contribution in [2.75, 3.05) is 25.5 Å². The molecule has 4 nitrogen and oxygen atoms in total. The van der Waals surface area contributed by atoms with Gasteiger partial charge in [0.05, 0.1) is 11.1 Å². The molecule has 1 N–H and O–H groups in total. The maximum atomic E-state index is 13.1. The first-order valence-corrected chi connectivity index (χ1v) is 11.6. The molecular formula is C27H30F3N3O. The van der Waals surface area contributed by atoms with Crippen molar-refractivity contribution in [3.63, 3.8) is 0 Å². The smallest absolute Gasteiger partial charge is 0.344 e. The van der Waals surface area contributed by atoms with Crippen LogP contribution < -0.4 is 5.32 Å². The van der Waals surface area contributed by atoms with E-state index in [0.717, 1.165) is 61.1 Å².